The van der Waals surface area contributed by atoms with E-state index in [4.69, 9.17) is 17.5 Å². The lowest BCUT2D eigenvalue weighted by atomic mass is 15.8. The summed E-state index contributed by atoms with van der Waals surface area (Å²) in [5, 5.41) is 0. The predicted molar refractivity (Wildman–Crippen MR) is 11.2 cm³/mol. The first-order chi connectivity index (χ1) is 2.00. The first-order valence-corrected chi connectivity index (χ1v) is 2.00. The van der Waals surface area contributed by atoms with Gasteiger partial charge in [-0.15, -0.1) is 0 Å². The van der Waals surface area contributed by atoms with Crippen LogP contribution in [0.2, 0.25) is 0 Å². The largest absolute Gasteiger partial charge is 2.00 e. The monoisotopic (exact) mass is 112 g/mol. The highest BCUT2D eigenvalue weighted by molar-refractivity contribution is 7.79. The van der Waals surface area contributed by atoms with Crippen LogP contribution in [0, 0.1) is 0 Å². The van der Waals surface area contributed by atoms with Gasteiger partial charge in [0.1, 0.15) is 0 Å². The molecule has 0 aromatic carbocycles. The highest BCUT2D eigenvalue weighted by Crippen LogP contribution is 1.57. The van der Waals surface area contributed by atoms with Crippen molar-refractivity contribution in [1.29, 1.82) is 0 Å². The average molecular weight is 112 g/mol. The molecule has 0 bridgehead atoms. The summed E-state index contributed by atoms with van der Waals surface area (Å²) < 4.78 is 34.1. The summed E-state index contributed by atoms with van der Waals surface area (Å²) >= 11 is 0. The van der Waals surface area contributed by atoms with Crippen molar-refractivity contribution in [2.45, 2.75) is 0 Å². The second-order valence-electron chi connectivity index (χ2n) is 0.408. The molecule has 0 aliphatic heterocycles. The number of hydrogen-bond donors (Lipinski definition) is 0. The van der Waals surface area contributed by atoms with Crippen molar-refractivity contribution in [3.05, 3.63) is 0 Å². The van der Waals surface area contributed by atoms with Crippen molar-refractivity contribution in [1.82, 2.24) is 0 Å². The zero-order valence-corrected chi connectivity index (χ0v) is 3.27. The van der Waals surface area contributed by atoms with Crippen LogP contribution in [0.4, 0.5) is 0 Å². The third-order valence-corrected chi connectivity index (χ3v) is 0. The molecule has 0 rings (SSSR count). The van der Waals surface area contributed by atoms with Crippen LogP contribution >= 0.6 is 0 Å². The maximum Gasteiger partial charge on any atom is 2.00 e. The number of hydrogen-bond acceptors (Lipinski definition) is 4. The molecule has 0 saturated heterocycles. The molecule has 4 radical (unpaired) electrons. The van der Waals surface area contributed by atoms with E-state index < -0.39 is 10.4 Å². The van der Waals surface area contributed by atoms with Gasteiger partial charge in [-0.05, 0) is 0 Å². The molecule has 0 heterocycles. The van der Waals surface area contributed by atoms with Crippen LogP contribution in [0.5, 0.6) is 0 Å². The molecule has 6 heteroatoms. The van der Waals surface area contributed by atoms with Gasteiger partial charge in [0.15, 0.2) is 0 Å². The summed E-state index contributed by atoms with van der Waals surface area (Å²) in [5.41, 5.74) is 0. The van der Waals surface area contributed by atoms with Crippen LogP contribution in [0.3, 0.4) is 0 Å². The van der Waals surface area contributed by atoms with Gasteiger partial charge in [0, 0.05) is 10.4 Å². The zero-order valence-electron chi connectivity index (χ0n) is 2.45. The molecule has 0 aromatic rings. The molecule has 6 heavy (non-hydrogen) atoms. The van der Waals surface area contributed by atoms with Crippen LogP contribution in [-0.2, 0) is 15.9 Å². The Kier molecular flexibility index (Phi) is 3.22. The summed E-state index contributed by atoms with van der Waals surface area (Å²) in [7, 11) is -5.17. The highest BCUT2D eigenvalue weighted by atomic mass is 32.3. The molecule has 0 aliphatic carbocycles. The molecule has 0 fully saturated rings. The lowest BCUT2D eigenvalue weighted by molar-refractivity contribution is 0.352. The third-order valence-electron chi connectivity index (χ3n) is 0. The van der Waals surface area contributed by atoms with E-state index in [2.05, 4.69) is 0 Å². The van der Waals surface area contributed by atoms with Crippen molar-refractivity contribution in [2.75, 3.05) is 0 Å². The van der Waals surface area contributed by atoms with Crippen molar-refractivity contribution < 1.29 is 23.0 Å². The van der Waals surface area contributed by atoms with Gasteiger partial charge >= 0.3 is 5.48 Å². The summed E-state index contributed by atoms with van der Waals surface area (Å²) in [5.74, 6) is 0. The Balaban J connectivity index is 0. The van der Waals surface area contributed by atoms with Gasteiger partial charge in [0.2, 0.25) is 0 Å². The van der Waals surface area contributed by atoms with Crippen molar-refractivity contribution in [3.63, 3.8) is 0 Å². The van der Waals surface area contributed by atoms with E-state index in [0.29, 0.717) is 0 Å². The SMILES string of the molecule is O=S(=O)([O-])[O-].[O+2]. The van der Waals surface area contributed by atoms with E-state index >= 15 is 0 Å². The third kappa shape index (κ3) is 1060. The average Bonchev–Trinajstić information content (AvgIpc) is 0.722. The molecule has 0 atom stereocenters. The lowest BCUT2D eigenvalue weighted by Gasteiger charge is -2.06. The minimum absolute atomic E-state index is 0. The molecule has 0 aromatic heterocycles. The molecule has 0 amide bonds. The maximum atomic E-state index is 8.52. The summed E-state index contributed by atoms with van der Waals surface area (Å²) in [6.07, 6.45) is 0. The Bertz CT molecular complexity index is 87.1. The van der Waals surface area contributed by atoms with E-state index in [1.54, 1.807) is 0 Å². The Morgan fingerprint density at radius 1 is 1.17 bits per heavy atom. The fraction of sp³-hybridized carbons (Fsp3) is 0. The van der Waals surface area contributed by atoms with Crippen LogP contribution < -0.4 is 0 Å². The fourth-order valence-electron chi connectivity index (χ4n) is 0. The highest BCUT2D eigenvalue weighted by Gasteiger charge is 2.00. The fourth-order valence-corrected chi connectivity index (χ4v) is 0. The number of rotatable bonds is 0. The van der Waals surface area contributed by atoms with E-state index in [0.717, 1.165) is 0 Å². The molecule has 5 nitrogen and oxygen atoms in total. The Morgan fingerprint density at radius 2 is 1.17 bits per heavy atom. The minimum atomic E-state index is -5.17. The van der Waals surface area contributed by atoms with Crippen molar-refractivity contribution in [2.24, 2.45) is 0 Å². The van der Waals surface area contributed by atoms with E-state index in [1.807, 2.05) is 0 Å². The van der Waals surface area contributed by atoms with Gasteiger partial charge in [-0.2, -0.15) is 0 Å². The molecule has 0 unspecified atom stereocenters. The summed E-state index contributed by atoms with van der Waals surface area (Å²) in [6.45, 7) is 0. The second-order valence-corrected chi connectivity index (χ2v) is 1.22. The minimum Gasteiger partial charge on any atom is -0.759 e. The van der Waals surface area contributed by atoms with Gasteiger partial charge < -0.3 is 9.11 Å². The van der Waals surface area contributed by atoms with Crippen LogP contribution in [0.1, 0.15) is 0 Å². The predicted octanol–water partition coefficient (Wildman–Crippen LogP) is -1.46. The Labute approximate surface area is 34.5 Å². The van der Waals surface area contributed by atoms with Crippen molar-refractivity contribution >= 4 is 10.4 Å². The molecule has 0 spiro atoms. The molecular weight excluding hydrogens is 112 g/mol. The first kappa shape index (κ1) is 9.27. The zero-order chi connectivity index (χ0) is 4.50. The molecule has 0 saturated carbocycles. The molecule has 0 aliphatic rings. The second kappa shape index (κ2) is 2.08. The Hall–Kier alpha value is -0.170. The normalized spacial score (nSPS) is 9.67. The lowest BCUT2D eigenvalue weighted by Crippen LogP contribution is -1.91. The molecule has 36 valence electrons. The van der Waals surface area contributed by atoms with E-state index in [1.165, 1.54) is 0 Å². The van der Waals surface area contributed by atoms with Crippen LogP contribution in [0.25, 0.3) is 0 Å². The maximum absolute atomic E-state index is 8.52. The quantitative estimate of drug-likeness (QED) is 0.282. The van der Waals surface area contributed by atoms with Crippen LogP contribution in [-0.4, -0.2) is 17.5 Å². The van der Waals surface area contributed by atoms with Gasteiger partial charge in [0.05, 0.1) is 0 Å². The van der Waals surface area contributed by atoms with Crippen molar-refractivity contribution in [3.8, 4) is 0 Å². The standard InChI is InChI=1S/H2O4S.O/c1-5(2,3)4;/h(H2,1,2,3,4);/q;+2/p-2. The first-order valence-electron chi connectivity index (χ1n) is 0.667. The summed E-state index contributed by atoms with van der Waals surface area (Å²) in [6, 6.07) is 0. The van der Waals surface area contributed by atoms with Gasteiger partial charge in [-0.1, -0.05) is 0 Å². The van der Waals surface area contributed by atoms with Gasteiger partial charge in [-0.25, -0.2) is 0 Å². The van der Waals surface area contributed by atoms with E-state index in [-0.39, 0.29) is 5.48 Å². The van der Waals surface area contributed by atoms with Crippen LogP contribution in [0.15, 0.2) is 0 Å². The topological polar surface area (TPSA) is 109 Å². The molecule has 0 N–H and O–H groups in total. The molecular formula is O5S. The smallest absolute Gasteiger partial charge is 0.759 e. The summed E-state index contributed by atoms with van der Waals surface area (Å²) in [4.78, 5) is 0. The van der Waals surface area contributed by atoms with Gasteiger partial charge in [-0.3, -0.25) is 8.42 Å². The van der Waals surface area contributed by atoms with E-state index in [9.17, 15) is 0 Å². The Morgan fingerprint density at radius 3 is 1.17 bits per heavy atom. The van der Waals surface area contributed by atoms with Gasteiger partial charge in [0.25, 0.3) is 0 Å².